The fourth-order valence-electron chi connectivity index (χ4n) is 3.11. The molecular formula is C18H26ClNO2. The Labute approximate surface area is 138 Å². The van der Waals surface area contributed by atoms with Crippen LogP contribution in [0.3, 0.4) is 0 Å². The summed E-state index contributed by atoms with van der Waals surface area (Å²) in [7, 11) is 0. The van der Waals surface area contributed by atoms with E-state index in [0.29, 0.717) is 6.42 Å². The van der Waals surface area contributed by atoms with Gasteiger partial charge in [0.1, 0.15) is 0 Å². The topological polar surface area (TPSA) is 40.5 Å². The number of halogens is 1. The zero-order chi connectivity index (χ0) is 16.0. The molecule has 0 atom stereocenters. The second-order valence-electron chi connectivity index (χ2n) is 6.37. The first-order valence-electron chi connectivity index (χ1n) is 8.22. The molecule has 0 radical (unpaired) electrons. The largest absolute Gasteiger partial charge is 0.396 e. The molecule has 0 saturated carbocycles. The monoisotopic (exact) mass is 323 g/mol. The number of aryl methyl sites for hydroxylation is 1. The minimum atomic E-state index is 0.0418. The molecule has 22 heavy (non-hydrogen) atoms. The number of amides is 1. The second kappa shape index (κ2) is 7.98. The van der Waals surface area contributed by atoms with Gasteiger partial charge in [0, 0.05) is 31.1 Å². The van der Waals surface area contributed by atoms with Crippen molar-refractivity contribution in [1.82, 2.24) is 4.90 Å². The number of piperidine rings is 1. The van der Waals surface area contributed by atoms with Crippen molar-refractivity contribution in [3.05, 3.63) is 34.9 Å². The summed E-state index contributed by atoms with van der Waals surface area (Å²) in [6, 6.07) is 7.82. The van der Waals surface area contributed by atoms with Crippen molar-refractivity contribution in [2.24, 2.45) is 5.41 Å². The molecule has 3 nitrogen and oxygen atoms in total. The third-order valence-electron chi connectivity index (χ3n) is 5.03. The number of carbonyl (C=O) groups excluding carboxylic acids is 1. The Morgan fingerprint density at radius 3 is 2.45 bits per heavy atom. The molecule has 1 heterocycles. The number of hydrogen-bond donors (Lipinski definition) is 1. The Morgan fingerprint density at radius 2 is 1.91 bits per heavy atom. The summed E-state index contributed by atoms with van der Waals surface area (Å²) in [4.78, 5) is 14.2. The molecule has 0 spiro atoms. The molecule has 0 bridgehead atoms. The van der Waals surface area contributed by atoms with Crippen molar-refractivity contribution < 1.29 is 9.90 Å². The fraction of sp³-hybridized carbons (Fsp3) is 0.611. The summed E-state index contributed by atoms with van der Waals surface area (Å²) in [6.45, 7) is 3.93. The highest BCUT2D eigenvalue weighted by Crippen LogP contribution is 2.34. The Hall–Kier alpha value is -1.06. The fourth-order valence-corrected chi connectivity index (χ4v) is 3.23. The predicted octanol–water partition coefficient (Wildman–Crippen LogP) is 3.67. The van der Waals surface area contributed by atoms with Crippen LogP contribution in [0.4, 0.5) is 0 Å². The van der Waals surface area contributed by atoms with Gasteiger partial charge in [-0.1, -0.05) is 30.7 Å². The van der Waals surface area contributed by atoms with Crippen LogP contribution in [0.15, 0.2) is 24.3 Å². The molecule has 1 saturated heterocycles. The van der Waals surface area contributed by atoms with E-state index in [-0.39, 0.29) is 17.9 Å². The average molecular weight is 324 g/mol. The number of nitrogens with zero attached hydrogens (tertiary/aromatic N) is 1. The molecule has 1 aliphatic rings. The molecule has 0 unspecified atom stereocenters. The van der Waals surface area contributed by atoms with Gasteiger partial charge in [0.15, 0.2) is 0 Å². The van der Waals surface area contributed by atoms with Gasteiger partial charge in [0.25, 0.3) is 0 Å². The average Bonchev–Trinajstić information content (AvgIpc) is 2.56. The van der Waals surface area contributed by atoms with Crippen molar-refractivity contribution in [2.75, 3.05) is 19.7 Å². The highest BCUT2D eigenvalue weighted by atomic mass is 35.5. The minimum Gasteiger partial charge on any atom is -0.396 e. The van der Waals surface area contributed by atoms with Gasteiger partial charge in [0.2, 0.25) is 5.91 Å². The lowest BCUT2D eigenvalue weighted by molar-refractivity contribution is -0.134. The molecule has 1 aromatic carbocycles. The lowest BCUT2D eigenvalue weighted by Gasteiger charge is -2.40. The lowest BCUT2D eigenvalue weighted by atomic mass is 9.77. The van der Waals surface area contributed by atoms with Crippen molar-refractivity contribution in [3.63, 3.8) is 0 Å². The van der Waals surface area contributed by atoms with E-state index in [9.17, 15) is 9.90 Å². The van der Waals surface area contributed by atoms with Crippen molar-refractivity contribution in [2.45, 2.75) is 45.4 Å². The summed E-state index contributed by atoms with van der Waals surface area (Å²) in [5.74, 6) is 0.247. The summed E-state index contributed by atoms with van der Waals surface area (Å²) in [6.07, 6.45) is 5.21. The number of rotatable bonds is 6. The van der Waals surface area contributed by atoms with E-state index in [1.165, 1.54) is 5.56 Å². The SMILES string of the molecule is CCC1(CO)CCN(C(=O)CCCc2ccc(Cl)cc2)CC1. The van der Waals surface area contributed by atoms with Gasteiger partial charge in [-0.3, -0.25) is 4.79 Å². The number of hydrogen-bond acceptors (Lipinski definition) is 2. The van der Waals surface area contributed by atoms with E-state index >= 15 is 0 Å². The maximum atomic E-state index is 12.3. The molecule has 1 amide bonds. The second-order valence-corrected chi connectivity index (χ2v) is 6.81. The highest BCUT2D eigenvalue weighted by molar-refractivity contribution is 6.30. The quantitative estimate of drug-likeness (QED) is 0.867. The van der Waals surface area contributed by atoms with Crippen LogP contribution in [0.2, 0.25) is 5.02 Å². The van der Waals surface area contributed by atoms with Crippen LogP contribution in [0.25, 0.3) is 0 Å². The number of carbonyl (C=O) groups is 1. The Balaban J connectivity index is 1.73. The van der Waals surface area contributed by atoms with E-state index in [1.807, 2.05) is 29.2 Å². The smallest absolute Gasteiger partial charge is 0.222 e. The molecule has 0 aromatic heterocycles. The van der Waals surface area contributed by atoms with Crippen LogP contribution in [-0.2, 0) is 11.2 Å². The Morgan fingerprint density at radius 1 is 1.27 bits per heavy atom. The lowest BCUT2D eigenvalue weighted by Crippen LogP contribution is -2.44. The van der Waals surface area contributed by atoms with Gasteiger partial charge in [-0.05, 0) is 55.2 Å². The number of aliphatic hydroxyl groups excluding tert-OH is 1. The molecule has 1 aliphatic heterocycles. The van der Waals surface area contributed by atoms with E-state index in [2.05, 4.69) is 6.92 Å². The molecular weight excluding hydrogens is 298 g/mol. The third kappa shape index (κ3) is 4.47. The zero-order valence-electron chi connectivity index (χ0n) is 13.4. The first-order valence-corrected chi connectivity index (χ1v) is 8.59. The Kier molecular flexibility index (Phi) is 6.27. The molecule has 4 heteroatoms. The first-order chi connectivity index (χ1) is 10.6. The van der Waals surface area contributed by atoms with Crippen LogP contribution in [0, 0.1) is 5.41 Å². The van der Waals surface area contributed by atoms with Crippen molar-refractivity contribution >= 4 is 17.5 Å². The van der Waals surface area contributed by atoms with E-state index in [4.69, 9.17) is 11.6 Å². The van der Waals surface area contributed by atoms with E-state index in [1.54, 1.807) is 0 Å². The number of benzene rings is 1. The molecule has 122 valence electrons. The molecule has 0 aliphatic carbocycles. The highest BCUT2D eigenvalue weighted by Gasteiger charge is 2.33. The third-order valence-corrected chi connectivity index (χ3v) is 5.28. The van der Waals surface area contributed by atoms with Gasteiger partial charge in [-0.25, -0.2) is 0 Å². The summed E-state index contributed by atoms with van der Waals surface area (Å²) >= 11 is 5.87. The van der Waals surface area contributed by atoms with Gasteiger partial charge >= 0.3 is 0 Å². The van der Waals surface area contributed by atoms with Crippen LogP contribution >= 0.6 is 11.6 Å². The maximum Gasteiger partial charge on any atom is 0.222 e. The van der Waals surface area contributed by atoms with Crippen molar-refractivity contribution in [1.29, 1.82) is 0 Å². The molecule has 1 fully saturated rings. The molecule has 2 rings (SSSR count). The van der Waals surface area contributed by atoms with Crippen LogP contribution in [0.5, 0.6) is 0 Å². The first kappa shape index (κ1) is 17.3. The molecule has 1 N–H and O–H groups in total. The minimum absolute atomic E-state index is 0.0418. The summed E-state index contributed by atoms with van der Waals surface area (Å²) < 4.78 is 0. The predicted molar refractivity (Wildman–Crippen MR) is 90.0 cm³/mol. The van der Waals surface area contributed by atoms with Crippen molar-refractivity contribution in [3.8, 4) is 0 Å². The van der Waals surface area contributed by atoms with Gasteiger partial charge in [-0.2, -0.15) is 0 Å². The van der Waals surface area contributed by atoms with Crippen LogP contribution in [0.1, 0.15) is 44.6 Å². The van der Waals surface area contributed by atoms with Crippen LogP contribution < -0.4 is 0 Å². The van der Waals surface area contributed by atoms with E-state index in [0.717, 1.165) is 50.2 Å². The Bertz CT molecular complexity index is 472. The van der Waals surface area contributed by atoms with E-state index < -0.39 is 0 Å². The number of likely N-dealkylation sites (tertiary alicyclic amines) is 1. The van der Waals surface area contributed by atoms with Gasteiger partial charge in [-0.15, -0.1) is 0 Å². The summed E-state index contributed by atoms with van der Waals surface area (Å²) in [5.41, 5.74) is 1.27. The zero-order valence-corrected chi connectivity index (χ0v) is 14.1. The molecule has 1 aromatic rings. The van der Waals surface area contributed by atoms with Crippen LogP contribution in [-0.4, -0.2) is 35.6 Å². The normalized spacial score (nSPS) is 17.5. The number of aliphatic hydroxyl groups is 1. The van der Waals surface area contributed by atoms with Gasteiger partial charge < -0.3 is 10.0 Å². The summed E-state index contributed by atoms with van der Waals surface area (Å²) in [5, 5.41) is 10.3. The van der Waals surface area contributed by atoms with Gasteiger partial charge in [0.05, 0.1) is 0 Å². The standard InChI is InChI=1S/C18H26ClNO2/c1-2-18(14-21)10-12-20(13-11-18)17(22)5-3-4-15-6-8-16(19)9-7-15/h6-9,21H,2-5,10-14H2,1H3. The maximum absolute atomic E-state index is 12.3.